The van der Waals surface area contributed by atoms with Gasteiger partial charge in [-0.25, -0.2) is 10.0 Å². The van der Waals surface area contributed by atoms with Crippen molar-refractivity contribution in [1.29, 1.82) is 0 Å². The summed E-state index contributed by atoms with van der Waals surface area (Å²) in [6.45, 7) is 3.91. The van der Waals surface area contributed by atoms with Crippen molar-refractivity contribution >= 4 is 11.6 Å². The van der Waals surface area contributed by atoms with Gasteiger partial charge in [-0.05, 0) is 31.6 Å². The van der Waals surface area contributed by atoms with Crippen LogP contribution >= 0.6 is 0 Å². The molecule has 0 aromatic rings. The van der Waals surface area contributed by atoms with Crippen LogP contribution in [0, 0.1) is 5.92 Å². The van der Waals surface area contributed by atoms with E-state index in [-0.39, 0.29) is 30.3 Å². The van der Waals surface area contributed by atoms with Crippen LogP contribution in [0.5, 0.6) is 0 Å². The summed E-state index contributed by atoms with van der Waals surface area (Å²) in [6.07, 6.45) is 5.66. The van der Waals surface area contributed by atoms with Crippen molar-refractivity contribution in [3.05, 3.63) is 0 Å². The van der Waals surface area contributed by atoms with Crippen LogP contribution in [0.15, 0.2) is 4.99 Å². The van der Waals surface area contributed by atoms with E-state index in [0.29, 0.717) is 5.48 Å². The van der Waals surface area contributed by atoms with Crippen LogP contribution in [0.3, 0.4) is 0 Å². The number of hydrogen-bond donors (Lipinski definition) is 2. The Balaban J connectivity index is 0.00000225. The Kier molecular flexibility index (Phi) is 7.55. The Bertz CT molecular complexity index is 246. The molecule has 0 bridgehead atoms. The number of nitrogens with two attached hydrogens (primary N) is 1. The van der Waals surface area contributed by atoms with Gasteiger partial charge in [-0.3, -0.25) is 4.99 Å². The summed E-state index contributed by atoms with van der Waals surface area (Å²) in [6, 6.07) is -0.386. The second-order valence-electron chi connectivity index (χ2n) is 4.48. The van der Waals surface area contributed by atoms with Crippen LogP contribution in [0.25, 0.3) is 0 Å². The molecular weight excluding hydrogens is 228 g/mol. The third kappa shape index (κ3) is 4.60. The van der Waals surface area contributed by atoms with Gasteiger partial charge in [0, 0.05) is 5.71 Å². The van der Waals surface area contributed by atoms with Crippen molar-refractivity contribution in [2.45, 2.75) is 52.0 Å². The minimum atomic E-state index is -0.386. The minimum absolute atomic E-state index is 0. The number of aliphatic imine (C=N–C) groups is 1. The molecule has 1 rings (SSSR count). The average molecular weight is 249 g/mol. The number of rotatable bonds is 3. The van der Waals surface area contributed by atoms with E-state index in [4.69, 9.17) is 5.21 Å². The Morgan fingerprint density at radius 1 is 1.31 bits per heavy atom. The van der Waals surface area contributed by atoms with Crippen LogP contribution in [0.4, 0.5) is 0 Å². The first kappa shape index (κ1) is 15.6. The largest absolute Gasteiger partial charge is 1.00 e. The predicted molar refractivity (Wildman–Crippen MR) is 57.9 cm³/mol. The summed E-state index contributed by atoms with van der Waals surface area (Å²) in [5.74, 6) is -0.126. The van der Waals surface area contributed by atoms with Crippen LogP contribution in [-0.2, 0) is 4.79 Å². The Labute approximate surface area is 103 Å². The molecule has 0 aromatic heterocycles. The van der Waals surface area contributed by atoms with Gasteiger partial charge in [0.05, 0.1) is 0 Å². The maximum atomic E-state index is 11.4. The molecule has 0 radical (unpaired) electrons. The minimum Gasteiger partial charge on any atom is -1.00 e. The number of hydrogen-bond acceptors (Lipinski definition) is 3. The molecule has 1 aliphatic carbocycles. The highest BCUT2D eigenvalue weighted by Gasteiger charge is 2.25. The van der Waals surface area contributed by atoms with Crippen molar-refractivity contribution in [1.82, 2.24) is 0 Å². The lowest BCUT2D eigenvalue weighted by atomic mass is 9.97. The zero-order chi connectivity index (χ0) is 11.3. The molecule has 3 N–H and O–H groups in total. The van der Waals surface area contributed by atoms with E-state index < -0.39 is 0 Å². The molecule has 4 nitrogen and oxygen atoms in total. The summed E-state index contributed by atoms with van der Waals surface area (Å²) in [4.78, 5) is 15.9. The summed E-state index contributed by atoms with van der Waals surface area (Å²) < 4.78 is 0. The van der Waals surface area contributed by atoms with E-state index in [1.165, 1.54) is 19.3 Å². The topological polar surface area (TPSA) is 66.3 Å². The van der Waals surface area contributed by atoms with Crippen LogP contribution < -0.4 is 17.9 Å². The molecule has 0 saturated heterocycles. The molecule has 0 heterocycles. The summed E-state index contributed by atoms with van der Waals surface area (Å²) in [7, 11) is 0. The number of amides is 1. The first-order valence-electron chi connectivity index (χ1n) is 5.72. The monoisotopic (exact) mass is 248 g/mol. The molecule has 0 aliphatic heterocycles. The lowest BCUT2D eigenvalue weighted by Crippen LogP contribution is -3.00. The van der Waals surface area contributed by atoms with Crippen molar-refractivity contribution < 1.29 is 27.9 Å². The van der Waals surface area contributed by atoms with Gasteiger partial charge in [-0.1, -0.05) is 20.3 Å². The van der Waals surface area contributed by atoms with E-state index in [1.807, 2.05) is 13.8 Å². The number of quaternary nitrogens is 1. The van der Waals surface area contributed by atoms with Gasteiger partial charge in [-0.15, -0.1) is 5.48 Å². The van der Waals surface area contributed by atoms with Gasteiger partial charge < -0.3 is 12.4 Å². The van der Waals surface area contributed by atoms with Crippen molar-refractivity contribution in [3.63, 3.8) is 0 Å². The van der Waals surface area contributed by atoms with Gasteiger partial charge in [0.2, 0.25) is 0 Å². The van der Waals surface area contributed by atoms with E-state index in [0.717, 1.165) is 18.6 Å². The molecule has 1 amide bonds. The van der Waals surface area contributed by atoms with E-state index in [2.05, 4.69) is 4.99 Å². The Hall–Kier alpha value is -0.450. The van der Waals surface area contributed by atoms with E-state index >= 15 is 0 Å². The number of primary amides is 1. The first-order chi connectivity index (χ1) is 7.15. The quantitative estimate of drug-likeness (QED) is 0.444. The SMILES string of the molecule is CC(C)[C@H](N=C1CCCCC1)C(=O)[NH2+]O.[Cl-]. The van der Waals surface area contributed by atoms with Crippen LogP contribution in [-0.4, -0.2) is 22.9 Å². The number of hydroxylamine groups is 1. The molecule has 0 aromatic carbocycles. The summed E-state index contributed by atoms with van der Waals surface area (Å²) in [5, 5.41) is 8.74. The number of halogens is 1. The molecular formula is C11H21ClN2O2. The van der Waals surface area contributed by atoms with Crippen molar-refractivity contribution in [2.75, 3.05) is 0 Å². The molecule has 1 saturated carbocycles. The van der Waals surface area contributed by atoms with E-state index in [9.17, 15) is 4.79 Å². The fourth-order valence-electron chi connectivity index (χ4n) is 1.90. The molecule has 1 fully saturated rings. The predicted octanol–water partition coefficient (Wildman–Crippen LogP) is -2.10. The summed E-state index contributed by atoms with van der Waals surface area (Å²) in [5.41, 5.74) is 1.80. The van der Waals surface area contributed by atoms with Crippen LogP contribution in [0.1, 0.15) is 46.0 Å². The van der Waals surface area contributed by atoms with Gasteiger partial charge in [0.25, 0.3) is 0 Å². The highest BCUT2D eigenvalue weighted by molar-refractivity contribution is 5.87. The number of nitrogens with zero attached hydrogens (tertiary/aromatic N) is 1. The maximum absolute atomic E-state index is 11.4. The lowest BCUT2D eigenvalue weighted by molar-refractivity contribution is -0.815. The fraction of sp³-hybridized carbons (Fsp3) is 0.818. The molecule has 94 valence electrons. The number of carbonyl (C=O) groups is 1. The molecule has 5 heteroatoms. The third-order valence-corrected chi connectivity index (χ3v) is 2.80. The standard InChI is InChI=1S/C11H20N2O2.ClH/c1-8(2)10(11(14)13-15)12-9-6-4-3-5-7-9;/h8,10,15H,3-7H2,1-2H3,(H,13,14);1H/t10-;/m0./s1. The maximum Gasteiger partial charge on any atom is 0.367 e. The molecule has 1 aliphatic rings. The normalized spacial score (nSPS) is 17.9. The fourth-order valence-corrected chi connectivity index (χ4v) is 1.90. The zero-order valence-electron chi connectivity index (χ0n) is 9.95. The first-order valence-corrected chi connectivity index (χ1v) is 5.72. The third-order valence-electron chi connectivity index (χ3n) is 2.80. The van der Waals surface area contributed by atoms with Gasteiger partial charge in [-0.2, -0.15) is 0 Å². The summed E-state index contributed by atoms with van der Waals surface area (Å²) >= 11 is 0. The zero-order valence-corrected chi connectivity index (χ0v) is 10.7. The van der Waals surface area contributed by atoms with Crippen LogP contribution in [0.2, 0.25) is 0 Å². The second kappa shape index (κ2) is 7.76. The van der Waals surface area contributed by atoms with Crippen molar-refractivity contribution in [3.8, 4) is 0 Å². The molecule has 1 atom stereocenters. The lowest BCUT2D eigenvalue weighted by Gasteiger charge is -2.17. The van der Waals surface area contributed by atoms with Crippen molar-refractivity contribution in [2.24, 2.45) is 10.9 Å². The smallest absolute Gasteiger partial charge is 0.367 e. The van der Waals surface area contributed by atoms with E-state index in [1.54, 1.807) is 0 Å². The highest BCUT2D eigenvalue weighted by Crippen LogP contribution is 2.17. The van der Waals surface area contributed by atoms with Gasteiger partial charge in [0.15, 0.2) is 6.04 Å². The second-order valence-corrected chi connectivity index (χ2v) is 4.48. The molecule has 0 spiro atoms. The average Bonchev–Trinajstić information content (AvgIpc) is 2.26. The van der Waals surface area contributed by atoms with Gasteiger partial charge >= 0.3 is 5.91 Å². The molecule has 16 heavy (non-hydrogen) atoms. The Morgan fingerprint density at radius 3 is 2.31 bits per heavy atom. The molecule has 0 unspecified atom stereocenters. The highest BCUT2D eigenvalue weighted by atomic mass is 35.5. The Morgan fingerprint density at radius 2 is 1.88 bits per heavy atom. The van der Waals surface area contributed by atoms with Gasteiger partial charge in [0.1, 0.15) is 0 Å². The number of carbonyl (C=O) groups excluding carboxylic acids is 1.